The molecular formula is C15H15F3N4O2. The summed E-state index contributed by atoms with van der Waals surface area (Å²) in [5, 5.41) is 10.4. The monoisotopic (exact) mass is 340 g/mol. The number of aromatic nitrogens is 2. The summed E-state index contributed by atoms with van der Waals surface area (Å²) < 4.78 is 42.3. The van der Waals surface area contributed by atoms with Crippen molar-refractivity contribution in [3.8, 4) is 0 Å². The first-order valence-corrected chi connectivity index (χ1v) is 7.01. The number of ether oxygens (including phenoxy) is 1. The fraction of sp³-hybridized carbons (Fsp3) is 0.267. The van der Waals surface area contributed by atoms with Gasteiger partial charge in [0.1, 0.15) is 5.56 Å². The molecule has 0 fully saturated rings. The third-order valence-corrected chi connectivity index (χ3v) is 3.05. The van der Waals surface area contributed by atoms with Crippen LogP contribution in [0, 0.1) is 6.92 Å². The molecule has 0 amide bonds. The lowest BCUT2D eigenvalue weighted by atomic mass is 10.1. The number of hydrazone groups is 1. The van der Waals surface area contributed by atoms with Gasteiger partial charge in [0, 0.05) is 5.69 Å². The Morgan fingerprint density at radius 3 is 2.62 bits per heavy atom. The fourth-order valence-electron chi connectivity index (χ4n) is 1.89. The Hall–Kier alpha value is -2.84. The van der Waals surface area contributed by atoms with E-state index in [4.69, 9.17) is 4.74 Å². The molecule has 0 unspecified atom stereocenters. The number of carbonyl (C=O) groups is 1. The topological polar surface area (TPSA) is 79.4 Å². The van der Waals surface area contributed by atoms with E-state index in [0.29, 0.717) is 11.3 Å². The number of aryl methyl sites for hydroxylation is 1. The van der Waals surface area contributed by atoms with E-state index in [0.717, 1.165) is 12.1 Å². The van der Waals surface area contributed by atoms with Gasteiger partial charge in [0.15, 0.2) is 5.82 Å². The van der Waals surface area contributed by atoms with Gasteiger partial charge in [0.25, 0.3) is 0 Å². The zero-order valence-electron chi connectivity index (χ0n) is 12.9. The van der Waals surface area contributed by atoms with Crippen molar-refractivity contribution >= 4 is 18.0 Å². The van der Waals surface area contributed by atoms with Gasteiger partial charge in [-0.25, -0.2) is 4.79 Å². The molecule has 1 aromatic carbocycles. The first-order chi connectivity index (χ1) is 11.3. The van der Waals surface area contributed by atoms with Crippen molar-refractivity contribution in [1.82, 2.24) is 10.2 Å². The van der Waals surface area contributed by atoms with Crippen molar-refractivity contribution in [3.63, 3.8) is 0 Å². The van der Waals surface area contributed by atoms with Gasteiger partial charge in [0.2, 0.25) is 0 Å². The highest BCUT2D eigenvalue weighted by Crippen LogP contribution is 2.28. The molecule has 9 heteroatoms. The van der Waals surface area contributed by atoms with Crippen molar-refractivity contribution in [2.75, 3.05) is 12.0 Å². The summed E-state index contributed by atoms with van der Waals surface area (Å²) in [6, 6.07) is 4.50. The summed E-state index contributed by atoms with van der Waals surface area (Å²) in [7, 11) is 0. The number of halogens is 3. The Bertz CT molecular complexity index is 736. The maximum atomic E-state index is 12.5. The summed E-state index contributed by atoms with van der Waals surface area (Å²) in [4.78, 5) is 11.8. The number of esters is 1. The van der Waals surface area contributed by atoms with Gasteiger partial charge in [-0.1, -0.05) is 12.1 Å². The van der Waals surface area contributed by atoms with Crippen LogP contribution in [0.5, 0.6) is 0 Å². The van der Waals surface area contributed by atoms with Crippen LogP contribution in [0.3, 0.4) is 0 Å². The summed E-state index contributed by atoms with van der Waals surface area (Å²) in [5.74, 6) is -0.370. The molecule has 0 aliphatic carbocycles. The number of rotatable bonds is 5. The second kappa shape index (κ2) is 7.16. The van der Waals surface area contributed by atoms with E-state index >= 15 is 0 Å². The van der Waals surface area contributed by atoms with Crippen LogP contribution in [0.25, 0.3) is 0 Å². The Balaban J connectivity index is 2.08. The van der Waals surface area contributed by atoms with Crippen molar-refractivity contribution in [2.24, 2.45) is 5.10 Å². The lowest BCUT2D eigenvalue weighted by Crippen LogP contribution is -2.08. The number of hydrogen-bond donors (Lipinski definition) is 2. The fourth-order valence-corrected chi connectivity index (χ4v) is 1.89. The van der Waals surface area contributed by atoms with Gasteiger partial charge in [0.05, 0.1) is 18.4 Å². The minimum absolute atomic E-state index is 0.175. The predicted molar refractivity (Wildman–Crippen MR) is 81.9 cm³/mol. The molecule has 0 saturated heterocycles. The molecular weight excluding hydrogens is 325 g/mol. The van der Waals surface area contributed by atoms with E-state index in [1.807, 2.05) is 0 Å². The van der Waals surface area contributed by atoms with Gasteiger partial charge < -0.3 is 4.74 Å². The molecule has 2 rings (SSSR count). The molecule has 24 heavy (non-hydrogen) atoms. The third kappa shape index (κ3) is 4.12. The largest absolute Gasteiger partial charge is 0.462 e. The number of nitrogens with zero attached hydrogens (tertiary/aromatic N) is 2. The quantitative estimate of drug-likeness (QED) is 0.497. The van der Waals surface area contributed by atoms with Crippen LogP contribution in [-0.4, -0.2) is 29.0 Å². The first-order valence-electron chi connectivity index (χ1n) is 7.01. The molecule has 2 aromatic rings. The molecule has 0 aliphatic heterocycles. The molecule has 1 aromatic heterocycles. The van der Waals surface area contributed by atoms with E-state index in [2.05, 4.69) is 20.7 Å². The standard InChI is InChI=1S/C15H15F3N4O2/c1-3-24-14(23)12-9(2)20-22-13(12)21-19-8-10-4-6-11(7-5-10)15(16,17)18/h4-8H,3H2,1-2H3,(H2,20,21,22)/b19-8-. The number of nitrogens with one attached hydrogen (secondary N) is 2. The van der Waals surface area contributed by atoms with Crippen molar-refractivity contribution in [1.29, 1.82) is 0 Å². The maximum Gasteiger partial charge on any atom is 0.416 e. The van der Waals surface area contributed by atoms with Crippen molar-refractivity contribution in [3.05, 3.63) is 46.6 Å². The Labute approximate surface area is 135 Å². The second-order valence-electron chi connectivity index (χ2n) is 4.78. The number of aromatic amines is 1. The SMILES string of the molecule is CCOC(=O)c1c(N/N=C\c2ccc(C(F)(F)F)cc2)n[nH]c1C. The average Bonchev–Trinajstić information content (AvgIpc) is 2.88. The molecule has 128 valence electrons. The van der Waals surface area contributed by atoms with Crippen LogP contribution in [0.15, 0.2) is 29.4 Å². The van der Waals surface area contributed by atoms with Crippen molar-refractivity contribution in [2.45, 2.75) is 20.0 Å². The molecule has 1 heterocycles. The molecule has 6 nitrogen and oxygen atoms in total. The Morgan fingerprint density at radius 1 is 1.38 bits per heavy atom. The zero-order valence-corrected chi connectivity index (χ0v) is 12.9. The minimum atomic E-state index is -4.38. The van der Waals surface area contributed by atoms with E-state index in [9.17, 15) is 18.0 Å². The van der Waals surface area contributed by atoms with Crippen LogP contribution in [0.1, 0.15) is 34.1 Å². The second-order valence-corrected chi connectivity index (χ2v) is 4.78. The van der Waals surface area contributed by atoms with Gasteiger partial charge >= 0.3 is 12.1 Å². The normalized spacial score (nSPS) is 11.7. The molecule has 2 N–H and O–H groups in total. The van der Waals surface area contributed by atoms with Gasteiger partial charge in [-0.15, -0.1) is 0 Å². The van der Waals surface area contributed by atoms with Gasteiger partial charge in [-0.05, 0) is 31.5 Å². The number of carbonyl (C=O) groups excluding carboxylic acids is 1. The summed E-state index contributed by atoms with van der Waals surface area (Å²) in [6.07, 6.45) is -3.06. The summed E-state index contributed by atoms with van der Waals surface area (Å²) in [6.45, 7) is 3.56. The van der Waals surface area contributed by atoms with E-state index in [1.54, 1.807) is 13.8 Å². The number of alkyl halides is 3. The van der Waals surface area contributed by atoms with E-state index in [1.165, 1.54) is 18.3 Å². The highest BCUT2D eigenvalue weighted by Gasteiger charge is 2.29. The maximum absolute atomic E-state index is 12.5. The minimum Gasteiger partial charge on any atom is -0.462 e. The Morgan fingerprint density at radius 2 is 2.04 bits per heavy atom. The molecule has 0 atom stereocenters. The van der Waals surface area contributed by atoms with E-state index in [-0.39, 0.29) is 18.0 Å². The lowest BCUT2D eigenvalue weighted by molar-refractivity contribution is -0.137. The molecule has 0 radical (unpaired) electrons. The molecule has 0 bridgehead atoms. The van der Waals surface area contributed by atoms with Gasteiger partial charge in [-0.3, -0.25) is 10.5 Å². The summed E-state index contributed by atoms with van der Waals surface area (Å²) >= 11 is 0. The van der Waals surface area contributed by atoms with E-state index < -0.39 is 17.7 Å². The van der Waals surface area contributed by atoms with Gasteiger partial charge in [-0.2, -0.15) is 23.4 Å². The predicted octanol–water partition coefficient (Wildman–Crippen LogP) is 3.36. The highest BCUT2D eigenvalue weighted by molar-refractivity contribution is 5.96. The number of benzene rings is 1. The first kappa shape index (κ1) is 17.5. The lowest BCUT2D eigenvalue weighted by Gasteiger charge is -2.05. The smallest absolute Gasteiger partial charge is 0.416 e. The average molecular weight is 340 g/mol. The van der Waals surface area contributed by atoms with Crippen LogP contribution >= 0.6 is 0 Å². The van der Waals surface area contributed by atoms with Crippen LogP contribution < -0.4 is 5.43 Å². The Kier molecular flexibility index (Phi) is 5.22. The summed E-state index contributed by atoms with van der Waals surface area (Å²) in [5.41, 5.74) is 3.03. The zero-order chi connectivity index (χ0) is 17.7. The number of H-pyrrole nitrogens is 1. The number of hydrogen-bond acceptors (Lipinski definition) is 5. The van der Waals surface area contributed by atoms with Crippen molar-refractivity contribution < 1.29 is 22.7 Å². The van der Waals surface area contributed by atoms with Crippen LogP contribution in [0.2, 0.25) is 0 Å². The van der Waals surface area contributed by atoms with Crippen LogP contribution in [0.4, 0.5) is 19.0 Å². The highest BCUT2D eigenvalue weighted by atomic mass is 19.4. The molecule has 0 spiro atoms. The number of anilines is 1. The third-order valence-electron chi connectivity index (χ3n) is 3.05. The molecule has 0 aliphatic rings. The molecule has 0 saturated carbocycles. The van der Waals surface area contributed by atoms with Crippen LogP contribution in [-0.2, 0) is 10.9 Å².